The lowest BCUT2D eigenvalue weighted by Crippen LogP contribution is -2.38. The Morgan fingerprint density at radius 3 is 2.00 bits per heavy atom. The Balaban J connectivity index is 4.27. The van der Waals surface area contributed by atoms with Gasteiger partial charge in [0.05, 0.1) is 6.54 Å². The van der Waals surface area contributed by atoms with Crippen LogP contribution in [0, 0.1) is 0 Å². The predicted molar refractivity (Wildman–Crippen MR) is 65.0 cm³/mol. The van der Waals surface area contributed by atoms with Gasteiger partial charge in [-0.05, 0) is 0 Å². The molecule has 0 aliphatic carbocycles. The number of rotatable bonds is 7. The van der Waals surface area contributed by atoms with Crippen molar-refractivity contribution in [1.29, 1.82) is 0 Å². The highest BCUT2D eigenvalue weighted by Gasteiger charge is 2.18. The Bertz CT molecular complexity index is 372. The van der Waals surface area contributed by atoms with Crippen molar-refractivity contribution in [3.05, 3.63) is 12.2 Å². The molecule has 1 N–H and O–H groups in total. The van der Waals surface area contributed by atoms with Crippen LogP contribution in [0.5, 0.6) is 0 Å². The molecular weight excluding hydrogens is 254 g/mol. The summed E-state index contributed by atoms with van der Waals surface area (Å²) in [6, 6.07) is 0. The first-order valence-corrected chi connectivity index (χ1v) is 5.83. The van der Waals surface area contributed by atoms with Crippen LogP contribution in [0.1, 0.15) is 26.7 Å². The fourth-order valence-corrected chi connectivity index (χ4v) is 1.20. The van der Waals surface area contributed by atoms with E-state index in [4.69, 9.17) is 5.11 Å². The monoisotopic (exact) mass is 271 g/mol. The normalized spacial score (nSPS) is 10.2. The van der Waals surface area contributed by atoms with E-state index in [0.29, 0.717) is 6.08 Å². The lowest BCUT2D eigenvalue weighted by atomic mass is 10.3. The van der Waals surface area contributed by atoms with Crippen molar-refractivity contribution in [2.24, 2.45) is 0 Å². The molecule has 0 fully saturated rings. The van der Waals surface area contributed by atoms with Crippen molar-refractivity contribution >= 4 is 23.8 Å². The molecule has 106 valence electrons. The van der Waals surface area contributed by atoms with E-state index in [1.807, 2.05) is 0 Å². The molecule has 0 aromatic heterocycles. The minimum atomic E-state index is -1.26. The number of amides is 2. The first kappa shape index (κ1) is 16.8. The third kappa shape index (κ3) is 6.97. The number of aliphatic carboxylic acids is 1. The Morgan fingerprint density at radius 1 is 1.05 bits per heavy atom. The summed E-state index contributed by atoms with van der Waals surface area (Å²) < 4.78 is 4.68. The van der Waals surface area contributed by atoms with Gasteiger partial charge in [0.2, 0.25) is 11.8 Å². The summed E-state index contributed by atoms with van der Waals surface area (Å²) in [6.07, 6.45) is 1.77. The third-order valence-corrected chi connectivity index (χ3v) is 2.13. The fourth-order valence-electron chi connectivity index (χ4n) is 1.20. The highest BCUT2D eigenvalue weighted by atomic mass is 16.5. The van der Waals surface area contributed by atoms with Crippen molar-refractivity contribution < 1.29 is 29.0 Å². The maximum Gasteiger partial charge on any atom is 0.331 e. The summed E-state index contributed by atoms with van der Waals surface area (Å²) in [4.78, 5) is 45.2. The summed E-state index contributed by atoms with van der Waals surface area (Å²) in [7, 11) is 0. The molecular formula is C12H17NO6. The zero-order chi connectivity index (χ0) is 14.8. The molecule has 0 saturated heterocycles. The molecule has 0 aliphatic heterocycles. The van der Waals surface area contributed by atoms with Gasteiger partial charge in [0, 0.05) is 25.0 Å². The van der Waals surface area contributed by atoms with Gasteiger partial charge in [0.15, 0.2) is 0 Å². The van der Waals surface area contributed by atoms with Crippen LogP contribution in [-0.2, 0) is 23.9 Å². The lowest BCUT2D eigenvalue weighted by molar-refractivity contribution is -0.148. The van der Waals surface area contributed by atoms with E-state index in [-0.39, 0.29) is 37.8 Å². The molecule has 7 heteroatoms. The molecule has 0 atom stereocenters. The standard InChI is InChI=1S/C12H17NO6/c1-3-9(14)13(10(15)4-2)7-8-19-12(18)6-5-11(16)17/h5-6H,3-4,7-8H2,1-2H3,(H,16,17)/b6-5+. The van der Waals surface area contributed by atoms with Crippen molar-refractivity contribution in [1.82, 2.24) is 4.90 Å². The Kier molecular flexibility index (Phi) is 7.83. The summed E-state index contributed by atoms with van der Waals surface area (Å²) in [5, 5.41) is 8.29. The highest BCUT2D eigenvalue weighted by molar-refractivity contribution is 5.95. The van der Waals surface area contributed by atoms with Crippen molar-refractivity contribution in [3.63, 3.8) is 0 Å². The Labute approximate surface area is 110 Å². The van der Waals surface area contributed by atoms with Gasteiger partial charge in [-0.3, -0.25) is 14.5 Å². The van der Waals surface area contributed by atoms with Crippen molar-refractivity contribution in [2.75, 3.05) is 13.2 Å². The molecule has 0 radical (unpaired) electrons. The van der Waals surface area contributed by atoms with E-state index in [0.717, 1.165) is 11.0 Å². The molecule has 0 aliphatic rings. The average Bonchev–Trinajstić information content (AvgIpc) is 2.39. The molecule has 0 spiro atoms. The topological polar surface area (TPSA) is 101 Å². The Hall–Kier alpha value is -2.18. The number of carboxylic acid groups (broad SMARTS) is 1. The number of carbonyl (C=O) groups excluding carboxylic acids is 3. The quantitative estimate of drug-likeness (QED) is 0.529. The molecule has 0 bridgehead atoms. The number of carbonyl (C=O) groups is 4. The van der Waals surface area contributed by atoms with Gasteiger partial charge in [-0.2, -0.15) is 0 Å². The highest BCUT2D eigenvalue weighted by Crippen LogP contribution is 1.99. The largest absolute Gasteiger partial charge is 0.478 e. The van der Waals surface area contributed by atoms with Crippen LogP contribution >= 0.6 is 0 Å². The first-order valence-electron chi connectivity index (χ1n) is 5.83. The zero-order valence-electron chi connectivity index (χ0n) is 10.9. The number of hydrogen-bond acceptors (Lipinski definition) is 5. The van der Waals surface area contributed by atoms with E-state index in [9.17, 15) is 19.2 Å². The number of esters is 1. The minimum Gasteiger partial charge on any atom is -0.478 e. The second kappa shape index (κ2) is 8.84. The van der Waals surface area contributed by atoms with Crippen LogP contribution in [0.3, 0.4) is 0 Å². The minimum absolute atomic E-state index is 0.0357. The molecule has 7 nitrogen and oxygen atoms in total. The zero-order valence-corrected chi connectivity index (χ0v) is 10.9. The van der Waals surface area contributed by atoms with Gasteiger partial charge in [-0.15, -0.1) is 0 Å². The summed E-state index contributed by atoms with van der Waals surface area (Å²) in [6.45, 7) is 3.05. The molecule has 0 aromatic carbocycles. The van der Waals surface area contributed by atoms with Gasteiger partial charge < -0.3 is 9.84 Å². The first-order chi connectivity index (χ1) is 8.92. The van der Waals surface area contributed by atoms with Crippen LogP contribution in [0.4, 0.5) is 0 Å². The van der Waals surface area contributed by atoms with Crippen LogP contribution in [0.2, 0.25) is 0 Å². The maximum absolute atomic E-state index is 11.5. The lowest BCUT2D eigenvalue weighted by Gasteiger charge is -2.19. The van der Waals surface area contributed by atoms with Gasteiger partial charge in [0.25, 0.3) is 0 Å². The predicted octanol–water partition coefficient (Wildman–Crippen LogP) is 0.346. The van der Waals surface area contributed by atoms with Gasteiger partial charge in [0.1, 0.15) is 6.61 Å². The van der Waals surface area contributed by atoms with E-state index in [1.165, 1.54) is 0 Å². The number of ether oxygens (including phenoxy) is 1. The van der Waals surface area contributed by atoms with Crippen LogP contribution < -0.4 is 0 Å². The number of carboxylic acids is 1. The second-order valence-corrected chi connectivity index (χ2v) is 3.49. The summed E-state index contributed by atoms with van der Waals surface area (Å²) in [5.74, 6) is -2.79. The molecule has 0 unspecified atom stereocenters. The van der Waals surface area contributed by atoms with Crippen LogP contribution in [-0.4, -0.2) is 46.9 Å². The molecule has 0 rings (SSSR count). The number of nitrogens with zero attached hydrogens (tertiary/aromatic N) is 1. The molecule has 19 heavy (non-hydrogen) atoms. The number of hydrogen-bond donors (Lipinski definition) is 1. The van der Waals surface area contributed by atoms with Crippen molar-refractivity contribution in [2.45, 2.75) is 26.7 Å². The average molecular weight is 271 g/mol. The van der Waals surface area contributed by atoms with Crippen molar-refractivity contribution in [3.8, 4) is 0 Å². The summed E-state index contributed by atoms with van der Waals surface area (Å²) >= 11 is 0. The molecule has 0 aromatic rings. The van der Waals surface area contributed by atoms with E-state index in [2.05, 4.69) is 4.74 Å². The Morgan fingerprint density at radius 2 is 1.58 bits per heavy atom. The van der Waals surface area contributed by atoms with E-state index in [1.54, 1.807) is 13.8 Å². The summed E-state index contributed by atoms with van der Waals surface area (Å²) in [5.41, 5.74) is 0. The van der Waals surface area contributed by atoms with Gasteiger partial charge in [-0.1, -0.05) is 13.8 Å². The molecule has 2 amide bonds. The molecule has 0 saturated carbocycles. The number of imide groups is 1. The van der Waals surface area contributed by atoms with Crippen LogP contribution in [0.25, 0.3) is 0 Å². The van der Waals surface area contributed by atoms with Gasteiger partial charge in [-0.25, -0.2) is 9.59 Å². The second-order valence-electron chi connectivity index (χ2n) is 3.49. The molecule has 0 heterocycles. The van der Waals surface area contributed by atoms with E-state index >= 15 is 0 Å². The maximum atomic E-state index is 11.5. The third-order valence-electron chi connectivity index (χ3n) is 2.13. The van der Waals surface area contributed by atoms with Gasteiger partial charge >= 0.3 is 11.9 Å². The van der Waals surface area contributed by atoms with Crippen LogP contribution in [0.15, 0.2) is 12.2 Å². The smallest absolute Gasteiger partial charge is 0.331 e. The van der Waals surface area contributed by atoms with E-state index < -0.39 is 11.9 Å². The SMILES string of the molecule is CCC(=O)N(CCOC(=O)/C=C/C(=O)O)C(=O)CC. The fraction of sp³-hybridized carbons (Fsp3) is 0.500.